The van der Waals surface area contributed by atoms with Gasteiger partial charge in [-0.25, -0.2) is 0 Å². The van der Waals surface area contributed by atoms with Crippen molar-refractivity contribution in [2.45, 2.75) is 17.9 Å². The summed E-state index contributed by atoms with van der Waals surface area (Å²) < 4.78 is 0. The fourth-order valence-corrected chi connectivity index (χ4v) is 2.45. The Balaban J connectivity index is 0.00000108. The minimum absolute atomic E-state index is 0. The molecule has 1 aliphatic rings. The Bertz CT molecular complexity index is 483. The molecule has 2 N–H and O–H groups in total. The summed E-state index contributed by atoms with van der Waals surface area (Å²) in [5.74, 6) is 0.482. The second-order valence-corrected chi connectivity index (χ2v) is 4.57. The fourth-order valence-electron chi connectivity index (χ4n) is 2.45. The highest BCUT2D eigenvalue weighted by Gasteiger charge is 2.52. The molecule has 0 heterocycles. The van der Waals surface area contributed by atoms with Crippen LogP contribution in [0, 0.1) is 0 Å². The zero-order chi connectivity index (χ0) is 11.0. The minimum Gasteiger partial charge on any atom is -0.321 e. The SMILES string of the molecule is Cl.N[C@@]1(c2ccccc2)C[C@H]1c1ccccc1. The van der Waals surface area contributed by atoms with E-state index in [1.807, 2.05) is 12.1 Å². The van der Waals surface area contributed by atoms with E-state index in [9.17, 15) is 0 Å². The predicted molar refractivity (Wildman–Crippen MR) is 73.4 cm³/mol. The lowest BCUT2D eigenvalue weighted by molar-refractivity contribution is 0.706. The van der Waals surface area contributed by atoms with Crippen LogP contribution in [0.3, 0.4) is 0 Å². The first-order chi connectivity index (χ1) is 7.81. The molecule has 0 spiro atoms. The lowest BCUT2D eigenvalue weighted by atomic mass is 10.00. The first-order valence-electron chi connectivity index (χ1n) is 5.70. The molecule has 0 bridgehead atoms. The van der Waals surface area contributed by atoms with Crippen molar-refractivity contribution in [1.29, 1.82) is 0 Å². The van der Waals surface area contributed by atoms with E-state index in [-0.39, 0.29) is 17.9 Å². The van der Waals surface area contributed by atoms with Crippen LogP contribution in [-0.4, -0.2) is 0 Å². The Morgan fingerprint density at radius 3 is 2.00 bits per heavy atom. The van der Waals surface area contributed by atoms with Crippen molar-refractivity contribution in [2.24, 2.45) is 5.73 Å². The molecule has 0 aliphatic heterocycles. The van der Waals surface area contributed by atoms with Gasteiger partial charge in [0.15, 0.2) is 0 Å². The van der Waals surface area contributed by atoms with E-state index >= 15 is 0 Å². The standard InChI is InChI=1S/C15H15N.ClH/c16-15(13-9-5-2-6-10-13)11-14(15)12-7-3-1-4-8-12;/h1-10,14H,11,16H2;1H/t14-,15+;/m0./s1. The number of rotatable bonds is 2. The van der Waals surface area contributed by atoms with Gasteiger partial charge in [-0.2, -0.15) is 0 Å². The Morgan fingerprint density at radius 1 is 0.882 bits per heavy atom. The molecule has 17 heavy (non-hydrogen) atoms. The first-order valence-corrected chi connectivity index (χ1v) is 5.70. The highest BCUT2D eigenvalue weighted by Crippen LogP contribution is 2.56. The number of benzene rings is 2. The van der Waals surface area contributed by atoms with Gasteiger partial charge in [0, 0.05) is 11.5 Å². The van der Waals surface area contributed by atoms with Crippen LogP contribution in [-0.2, 0) is 5.54 Å². The molecule has 2 aromatic carbocycles. The first kappa shape index (κ1) is 12.2. The van der Waals surface area contributed by atoms with Crippen LogP contribution >= 0.6 is 12.4 Å². The van der Waals surface area contributed by atoms with Gasteiger partial charge < -0.3 is 5.73 Å². The van der Waals surface area contributed by atoms with Crippen LogP contribution < -0.4 is 5.73 Å². The highest BCUT2D eigenvalue weighted by atomic mass is 35.5. The van der Waals surface area contributed by atoms with Crippen molar-refractivity contribution in [3.8, 4) is 0 Å². The van der Waals surface area contributed by atoms with E-state index in [0.29, 0.717) is 5.92 Å². The van der Waals surface area contributed by atoms with Gasteiger partial charge in [-0.05, 0) is 17.5 Å². The lowest BCUT2D eigenvalue weighted by Crippen LogP contribution is -2.21. The van der Waals surface area contributed by atoms with Crippen molar-refractivity contribution >= 4 is 12.4 Å². The summed E-state index contributed by atoms with van der Waals surface area (Å²) in [4.78, 5) is 0. The summed E-state index contributed by atoms with van der Waals surface area (Å²) in [6.45, 7) is 0. The monoisotopic (exact) mass is 245 g/mol. The third kappa shape index (κ3) is 2.08. The second-order valence-electron chi connectivity index (χ2n) is 4.57. The summed E-state index contributed by atoms with van der Waals surface area (Å²) in [6.07, 6.45) is 1.06. The van der Waals surface area contributed by atoms with Crippen LogP contribution in [0.5, 0.6) is 0 Å². The second kappa shape index (κ2) is 4.52. The van der Waals surface area contributed by atoms with Gasteiger partial charge in [0.25, 0.3) is 0 Å². The summed E-state index contributed by atoms with van der Waals surface area (Å²) >= 11 is 0. The highest BCUT2D eigenvalue weighted by molar-refractivity contribution is 5.85. The quantitative estimate of drug-likeness (QED) is 0.862. The van der Waals surface area contributed by atoms with E-state index in [0.717, 1.165) is 6.42 Å². The van der Waals surface area contributed by atoms with E-state index in [4.69, 9.17) is 5.73 Å². The van der Waals surface area contributed by atoms with Crippen molar-refractivity contribution in [1.82, 2.24) is 0 Å². The van der Waals surface area contributed by atoms with E-state index in [1.54, 1.807) is 0 Å². The van der Waals surface area contributed by atoms with Gasteiger partial charge in [-0.3, -0.25) is 0 Å². The number of halogens is 1. The van der Waals surface area contributed by atoms with Crippen LogP contribution in [0.25, 0.3) is 0 Å². The van der Waals surface area contributed by atoms with E-state index in [1.165, 1.54) is 11.1 Å². The van der Waals surface area contributed by atoms with Crippen LogP contribution in [0.2, 0.25) is 0 Å². The van der Waals surface area contributed by atoms with Crippen molar-refractivity contribution in [3.05, 3.63) is 71.8 Å². The van der Waals surface area contributed by atoms with Crippen LogP contribution in [0.4, 0.5) is 0 Å². The van der Waals surface area contributed by atoms with Gasteiger partial charge in [0.2, 0.25) is 0 Å². The Morgan fingerprint density at radius 2 is 1.41 bits per heavy atom. The van der Waals surface area contributed by atoms with E-state index in [2.05, 4.69) is 48.5 Å². The molecule has 88 valence electrons. The van der Waals surface area contributed by atoms with Gasteiger partial charge in [-0.15, -0.1) is 12.4 Å². The average Bonchev–Trinajstić information content (AvgIpc) is 3.06. The predicted octanol–water partition coefficient (Wildman–Crippen LogP) is 3.45. The lowest BCUT2D eigenvalue weighted by Gasteiger charge is -2.11. The molecule has 0 radical (unpaired) electrons. The topological polar surface area (TPSA) is 26.0 Å². The maximum Gasteiger partial charge on any atom is 0.0486 e. The molecular formula is C15H16ClN. The summed E-state index contributed by atoms with van der Waals surface area (Å²) in [5.41, 5.74) is 8.92. The Hall–Kier alpha value is -1.31. The number of hydrogen-bond acceptors (Lipinski definition) is 1. The molecule has 0 amide bonds. The zero-order valence-corrected chi connectivity index (χ0v) is 10.4. The normalized spacial score (nSPS) is 26.1. The number of nitrogens with two attached hydrogens (primary N) is 1. The van der Waals surface area contributed by atoms with Crippen molar-refractivity contribution in [3.63, 3.8) is 0 Å². The summed E-state index contributed by atoms with van der Waals surface area (Å²) in [5, 5.41) is 0. The van der Waals surface area contributed by atoms with Crippen LogP contribution in [0.1, 0.15) is 23.5 Å². The van der Waals surface area contributed by atoms with Gasteiger partial charge in [0.05, 0.1) is 0 Å². The minimum atomic E-state index is -0.136. The molecule has 1 aliphatic carbocycles. The molecule has 0 unspecified atom stereocenters. The number of hydrogen-bond donors (Lipinski definition) is 1. The average molecular weight is 246 g/mol. The van der Waals surface area contributed by atoms with Crippen LogP contribution in [0.15, 0.2) is 60.7 Å². The Kier molecular flexibility index (Phi) is 3.23. The molecule has 3 rings (SSSR count). The van der Waals surface area contributed by atoms with E-state index < -0.39 is 0 Å². The van der Waals surface area contributed by atoms with Crippen molar-refractivity contribution < 1.29 is 0 Å². The molecule has 2 aromatic rings. The smallest absolute Gasteiger partial charge is 0.0486 e. The molecule has 0 saturated heterocycles. The summed E-state index contributed by atoms with van der Waals surface area (Å²) in [7, 11) is 0. The molecule has 1 fully saturated rings. The van der Waals surface area contributed by atoms with Gasteiger partial charge >= 0.3 is 0 Å². The fraction of sp³-hybridized carbons (Fsp3) is 0.200. The Labute approximate surface area is 108 Å². The maximum atomic E-state index is 6.44. The van der Waals surface area contributed by atoms with Gasteiger partial charge in [-0.1, -0.05) is 60.7 Å². The summed E-state index contributed by atoms with van der Waals surface area (Å²) in [6, 6.07) is 21.0. The molecule has 2 heteroatoms. The molecule has 1 nitrogen and oxygen atoms in total. The zero-order valence-electron chi connectivity index (χ0n) is 9.54. The van der Waals surface area contributed by atoms with Gasteiger partial charge in [0.1, 0.15) is 0 Å². The third-order valence-electron chi connectivity index (χ3n) is 3.52. The van der Waals surface area contributed by atoms with Crippen molar-refractivity contribution in [2.75, 3.05) is 0 Å². The third-order valence-corrected chi connectivity index (χ3v) is 3.52. The molecule has 0 aromatic heterocycles. The molecule has 1 saturated carbocycles. The molecule has 2 atom stereocenters. The maximum absolute atomic E-state index is 6.44. The largest absolute Gasteiger partial charge is 0.321 e. The molecular weight excluding hydrogens is 230 g/mol.